The van der Waals surface area contributed by atoms with Gasteiger partial charge in [0, 0.05) is 42.8 Å². The first kappa shape index (κ1) is 26.4. The fourth-order valence-electron chi connectivity index (χ4n) is 8.55. The Hall–Kier alpha value is -2.24. The van der Waals surface area contributed by atoms with Crippen LogP contribution in [0.3, 0.4) is 0 Å². The SMILES string of the molecule is CC1(C)C2CCC1(C)C(C(=O)[O-])C2.CCOC1(OCC)C2c3ccccc3C([n+]3ccccc32)C1(C)C. The number of fused-ring (bicyclic) bond motifs is 3. The van der Waals surface area contributed by atoms with Crippen LogP contribution in [0, 0.1) is 28.1 Å². The predicted octanol–water partition coefficient (Wildman–Crippen LogP) is 5.02. The monoisotopic (exact) mass is 505 g/mol. The molecule has 0 spiro atoms. The Morgan fingerprint density at radius 1 is 0.946 bits per heavy atom. The number of rotatable bonds is 5. The third kappa shape index (κ3) is 3.42. The number of carboxylic acid groups (broad SMARTS) is 1. The number of hydrogen-bond acceptors (Lipinski definition) is 4. The van der Waals surface area contributed by atoms with Crippen molar-refractivity contribution in [3.63, 3.8) is 0 Å². The molecule has 7 rings (SSSR count). The molecule has 2 aliphatic heterocycles. The van der Waals surface area contributed by atoms with Crippen molar-refractivity contribution in [3.05, 3.63) is 65.5 Å². The number of carboxylic acids is 1. The van der Waals surface area contributed by atoms with Crippen molar-refractivity contribution < 1.29 is 23.9 Å². The summed E-state index contributed by atoms with van der Waals surface area (Å²) in [4.78, 5) is 11.0. The van der Waals surface area contributed by atoms with Gasteiger partial charge < -0.3 is 19.4 Å². The van der Waals surface area contributed by atoms with Crippen molar-refractivity contribution in [1.29, 1.82) is 0 Å². The number of carbonyl (C=O) groups is 1. The molecule has 0 amide bonds. The first-order chi connectivity index (χ1) is 17.5. The van der Waals surface area contributed by atoms with E-state index in [1.165, 1.54) is 23.2 Å². The molecule has 5 aliphatic rings. The van der Waals surface area contributed by atoms with Crippen LogP contribution in [0.5, 0.6) is 0 Å². The molecule has 2 saturated carbocycles. The zero-order valence-electron chi connectivity index (χ0n) is 23.5. The van der Waals surface area contributed by atoms with Crippen molar-refractivity contribution in [2.75, 3.05) is 13.2 Å². The second-order valence-corrected chi connectivity index (χ2v) is 12.7. The molecule has 4 bridgehead atoms. The molecule has 2 aromatic rings. The van der Waals surface area contributed by atoms with Crippen LogP contribution >= 0.6 is 0 Å². The summed E-state index contributed by atoms with van der Waals surface area (Å²) in [5.41, 5.74) is 4.01. The standard InChI is InChI=1S/C21H26NO2.C11H18O2/c1-5-23-21(24-6-2)18-15-11-7-8-12-16(15)19(20(21,3)4)22-14-10-9-13-17(18)22;1-10(2)7-4-5-11(10,3)8(6-7)9(12)13/h7-14,18-19H,5-6H2,1-4H3;7-8H,4-6H2,1-3H3,(H,12,13)/q+1;/p-1. The Balaban J connectivity index is 0.000000182. The summed E-state index contributed by atoms with van der Waals surface area (Å²) < 4.78 is 15.3. The molecule has 1 aromatic carbocycles. The Labute approximate surface area is 222 Å². The normalized spacial score (nSPS) is 32.7. The first-order valence-corrected chi connectivity index (χ1v) is 14.1. The molecule has 0 radical (unpaired) electrons. The van der Waals surface area contributed by atoms with Gasteiger partial charge in [-0.1, -0.05) is 51.1 Å². The van der Waals surface area contributed by atoms with Gasteiger partial charge in [0.2, 0.25) is 0 Å². The van der Waals surface area contributed by atoms with Gasteiger partial charge in [-0.3, -0.25) is 0 Å². The van der Waals surface area contributed by atoms with Gasteiger partial charge in [0.1, 0.15) is 5.92 Å². The molecule has 5 heteroatoms. The van der Waals surface area contributed by atoms with E-state index in [0.29, 0.717) is 19.1 Å². The van der Waals surface area contributed by atoms with Crippen LogP contribution in [0.4, 0.5) is 0 Å². The van der Waals surface area contributed by atoms with E-state index in [4.69, 9.17) is 9.47 Å². The van der Waals surface area contributed by atoms with Crippen molar-refractivity contribution in [2.45, 2.75) is 85.5 Å². The van der Waals surface area contributed by atoms with Crippen LogP contribution < -0.4 is 9.67 Å². The largest absolute Gasteiger partial charge is 0.550 e. The van der Waals surface area contributed by atoms with Gasteiger partial charge in [-0.2, -0.15) is 4.57 Å². The van der Waals surface area contributed by atoms with E-state index >= 15 is 0 Å². The lowest BCUT2D eigenvalue weighted by Gasteiger charge is -2.57. The Morgan fingerprint density at radius 2 is 1.57 bits per heavy atom. The number of aromatic nitrogens is 1. The lowest BCUT2D eigenvalue weighted by Crippen LogP contribution is -2.71. The maximum atomic E-state index is 11.0. The van der Waals surface area contributed by atoms with Crippen LogP contribution in [0.25, 0.3) is 0 Å². The number of nitrogens with zero attached hydrogens (tertiary/aromatic N) is 1. The van der Waals surface area contributed by atoms with Crippen molar-refractivity contribution in [3.8, 4) is 0 Å². The first-order valence-electron chi connectivity index (χ1n) is 14.1. The van der Waals surface area contributed by atoms with E-state index in [-0.39, 0.29) is 34.1 Å². The molecule has 2 fully saturated rings. The zero-order valence-corrected chi connectivity index (χ0v) is 23.5. The second-order valence-electron chi connectivity index (χ2n) is 12.7. The number of ether oxygens (including phenoxy) is 2. The Bertz CT molecular complexity index is 1130. The summed E-state index contributed by atoms with van der Waals surface area (Å²) in [6.45, 7) is 16.5. The summed E-state index contributed by atoms with van der Waals surface area (Å²) in [5, 5.41) is 11.0. The molecule has 0 N–H and O–H groups in total. The average Bonchev–Trinajstić information content (AvgIpc) is 3.20. The van der Waals surface area contributed by atoms with E-state index < -0.39 is 11.8 Å². The molecule has 5 nitrogen and oxygen atoms in total. The highest BCUT2D eigenvalue weighted by molar-refractivity contribution is 5.70. The van der Waals surface area contributed by atoms with Crippen LogP contribution in [-0.2, 0) is 14.3 Å². The van der Waals surface area contributed by atoms with Gasteiger partial charge >= 0.3 is 0 Å². The van der Waals surface area contributed by atoms with Crippen molar-refractivity contribution in [1.82, 2.24) is 0 Å². The minimum Gasteiger partial charge on any atom is -0.550 e. The third-order valence-corrected chi connectivity index (χ3v) is 10.9. The molecular weight excluding hydrogens is 462 g/mol. The van der Waals surface area contributed by atoms with Gasteiger partial charge in [-0.15, -0.1) is 0 Å². The smallest absolute Gasteiger partial charge is 0.196 e. The van der Waals surface area contributed by atoms with E-state index in [0.717, 1.165) is 12.8 Å². The molecular formula is C32H43NO4. The van der Waals surface area contributed by atoms with Crippen LogP contribution in [0.1, 0.15) is 96.5 Å². The maximum Gasteiger partial charge on any atom is 0.196 e. The molecule has 200 valence electrons. The maximum absolute atomic E-state index is 11.0. The van der Waals surface area contributed by atoms with Crippen molar-refractivity contribution >= 4 is 5.97 Å². The molecule has 5 atom stereocenters. The molecule has 3 heterocycles. The number of carbonyl (C=O) groups excluding carboxylic acids is 1. The number of pyridine rings is 1. The van der Waals surface area contributed by atoms with Gasteiger partial charge in [-0.25, -0.2) is 0 Å². The number of aliphatic carboxylic acids is 1. The minimum absolute atomic E-state index is 0.0174. The molecule has 0 saturated heterocycles. The number of hydrogen-bond donors (Lipinski definition) is 0. The lowest BCUT2D eigenvalue weighted by atomic mass is 9.57. The number of benzene rings is 1. The fourth-order valence-corrected chi connectivity index (χ4v) is 8.55. The highest BCUT2D eigenvalue weighted by Gasteiger charge is 2.70. The van der Waals surface area contributed by atoms with Crippen LogP contribution in [0.2, 0.25) is 0 Å². The summed E-state index contributed by atoms with van der Waals surface area (Å²) in [7, 11) is 0. The van der Waals surface area contributed by atoms with Gasteiger partial charge in [0.05, 0.1) is 5.41 Å². The van der Waals surface area contributed by atoms with Crippen molar-refractivity contribution in [2.24, 2.45) is 28.1 Å². The summed E-state index contributed by atoms with van der Waals surface area (Å²) in [6.07, 6.45) is 5.30. The predicted molar refractivity (Wildman–Crippen MR) is 141 cm³/mol. The summed E-state index contributed by atoms with van der Waals surface area (Å²) in [6, 6.07) is 15.4. The van der Waals surface area contributed by atoms with Gasteiger partial charge in [0.25, 0.3) is 0 Å². The zero-order chi connectivity index (χ0) is 26.8. The van der Waals surface area contributed by atoms with Crippen LogP contribution in [-0.4, -0.2) is 25.0 Å². The highest BCUT2D eigenvalue weighted by Crippen LogP contribution is 2.68. The van der Waals surface area contributed by atoms with Gasteiger partial charge in [0.15, 0.2) is 23.7 Å². The Morgan fingerprint density at radius 3 is 2.08 bits per heavy atom. The Kier molecular flexibility index (Phi) is 6.35. The summed E-state index contributed by atoms with van der Waals surface area (Å²) in [5.74, 6) is -1.01. The molecule has 1 aromatic heterocycles. The fraction of sp³-hybridized carbons (Fsp3) is 0.625. The van der Waals surface area contributed by atoms with E-state index in [1.54, 1.807) is 0 Å². The minimum atomic E-state index is -0.835. The van der Waals surface area contributed by atoms with E-state index in [9.17, 15) is 9.90 Å². The molecule has 3 aliphatic carbocycles. The van der Waals surface area contributed by atoms with E-state index in [2.05, 4.69) is 102 Å². The second kappa shape index (κ2) is 8.91. The quantitative estimate of drug-likeness (QED) is 0.423. The average molecular weight is 506 g/mol. The third-order valence-electron chi connectivity index (χ3n) is 10.9. The highest BCUT2D eigenvalue weighted by atomic mass is 16.7. The summed E-state index contributed by atoms with van der Waals surface area (Å²) >= 11 is 0. The van der Waals surface area contributed by atoms with Crippen LogP contribution in [0.15, 0.2) is 48.7 Å². The topological polar surface area (TPSA) is 62.5 Å². The van der Waals surface area contributed by atoms with E-state index in [1.807, 2.05) is 0 Å². The molecule has 5 unspecified atom stereocenters. The van der Waals surface area contributed by atoms with Gasteiger partial charge in [-0.05, 0) is 69.3 Å². The molecule has 37 heavy (non-hydrogen) atoms. The lowest BCUT2D eigenvalue weighted by molar-refractivity contribution is -0.755.